The summed E-state index contributed by atoms with van der Waals surface area (Å²) in [7, 11) is 4.00. The standard InChI is InChI=1S/C12H23N3/c1-5-12(6-2,10-13-3)7-11-8-14-15(4)9-11/h8-9,13H,5-7,10H2,1-4H3. The number of aryl methyl sites for hydroxylation is 1. The quantitative estimate of drug-likeness (QED) is 0.776. The molecule has 86 valence electrons. The second kappa shape index (κ2) is 5.31. The topological polar surface area (TPSA) is 29.9 Å². The van der Waals surface area contributed by atoms with Gasteiger partial charge >= 0.3 is 0 Å². The van der Waals surface area contributed by atoms with Crippen LogP contribution in [0.4, 0.5) is 0 Å². The van der Waals surface area contributed by atoms with Gasteiger partial charge in [-0.3, -0.25) is 4.68 Å². The van der Waals surface area contributed by atoms with Gasteiger partial charge in [-0.25, -0.2) is 0 Å². The number of rotatable bonds is 6. The monoisotopic (exact) mass is 209 g/mol. The number of nitrogens with one attached hydrogen (secondary N) is 1. The highest BCUT2D eigenvalue weighted by Crippen LogP contribution is 2.29. The van der Waals surface area contributed by atoms with E-state index in [-0.39, 0.29) is 0 Å². The van der Waals surface area contributed by atoms with Gasteiger partial charge in [-0.05, 0) is 37.3 Å². The second-order valence-corrected chi connectivity index (χ2v) is 4.44. The minimum absolute atomic E-state index is 0.387. The van der Waals surface area contributed by atoms with E-state index in [1.54, 1.807) is 0 Å². The number of aromatic nitrogens is 2. The summed E-state index contributed by atoms with van der Waals surface area (Å²) in [5, 5.41) is 7.54. The molecule has 3 nitrogen and oxygen atoms in total. The molecule has 1 rings (SSSR count). The Morgan fingerprint density at radius 3 is 2.47 bits per heavy atom. The fourth-order valence-corrected chi connectivity index (χ4v) is 2.18. The normalized spacial score (nSPS) is 12.0. The molecule has 15 heavy (non-hydrogen) atoms. The van der Waals surface area contributed by atoms with E-state index in [9.17, 15) is 0 Å². The molecule has 0 atom stereocenters. The zero-order valence-corrected chi connectivity index (χ0v) is 10.4. The molecule has 0 saturated heterocycles. The summed E-state index contributed by atoms with van der Waals surface area (Å²) < 4.78 is 1.88. The fraction of sp³-hybridized carbons (Fsp3) is 0.750. The van der Waals surface area contributed by atoms with Crippen LogP contribution in [0.2, 0.25) is 0 Å². The third-order valence-electron chi connectivity index (χ3n) is 3.39. The average molecular weight is 209 g/mol. The molecule has 0 bridgehead atoms. The summed E-state index contributed by atoms with van der Waals surface area (Å²) in [4.78, 5) is 0. The first-order valence-corrected chi connectivity index (χ1v) is 5.78. The van der Waals surface area contributed by atoms with Gasteiger partial charge in [0.2, 0.25) is 0 Å². The van der Waals surface area contributed by atoms with E-state index in [1.165, 1.54) is 18.4 Å². The van der Waals surface area contributed by atoms with Crippen LogP contribution in [0.1, 0.15) is 32.3 Å². The Kier molecular flexibility index (Phi) is 4.33. The lowest BCUT2D eigenvalue weighted by atomic mass is 9.77. The van der Waals surface area contributed by atoms with Crippen LogP contribution < -0.4 is 5.32 Å². The highest BCUT2D eigenvalue weighted by atomic mass is 15.2. The fourth-order valence-electron chi connectivity index (χ4n) is 2.18. The molecule has 0 saturated carbocycles. The van der Waals surface area contributed by atoms with Crippen molar-refractivity contribution in [3.63, 3.8) is 0 Å². The van der Waals surface area contributed by atoms with Crippen LogP contribution in [0.5, 0.6) is 0 Å². The van der Waals surface area contributed by atoms with E-state index >= 15 is 0 Å². The van der Waals surface area contributed by atoms with Gasteiger partial charge in [0.15, 0.2) is 0 Å². The Morgan fingerprint density at radius 1 is 1.40 bits per heavy atom. The van der Waals surface area contributed by atoms with Crippen LogP contribution in [0, 0.1) is 5.41 Å². The Morgan fingerprint density at radius 2 is 2.07 bits per heavy atom. The van der Waals surface area contributed by atoms with E-state index in [4.69, 9.17) is 0 Å². The van der Waals surface area contributed by atoms with E-state index in [2.05, 4.69) is 30.5 Å². The molecule has 0 aliphatic heterocycles. The molecule has 0 unspecified atom stereocenters. The van der Waals surface area contributed by atoms with Crippen LogP contribution >= 0.6 is 0 Å². The maximum Gasteiger partial charge on any atom is 0.0521 e. The summed E-state index contributed by atoms with van der Waals surface area (Å²) in [5.74, 6) is 0. The van der Waals surface area contributed by atoms with Crippen molar-refractivity contribution < 1.29 is 0 Å². The molecule has 0 radical (unpaired) electrons. The summed E-state index contributed by atoms with van der Waals surface area (Å²) in [5.41, 5.74) is 1.73. The van der Waals surface area contributed by atoms with Gasteiger partial charge in [0, 0.05) is 19.8 Å². The Labute approximate surface area is 92.9 Å². The molecule has 0 amide bonds. The molecule has 1 heterocycles. The van der Waals surface area contributed by atoms with Gasteiger partial charge in [0.1, 0.15) is 0 Å². The van der Waals surface area contributed by atoms with Gasteiger partial charge in [-0.2, -0.15) is 5.10 Å². The lowest BCUT2D eigenvalue weighted by molar-refractivity contribution is 0.253. The highest BCUT2D eigenvalue weighted by Gasteiger charge is 2.25. The lowest BCUT2D eigenvalue weighted by Gasteiger charge is -2.31. The minimum atomic E-state index is 0.387. The van der Waals surface area contributed by atoms with Crippen molar-refractivity contribution in [2.75, 3.05) is 13.6 Å². The van der Waals surface area contributed by atoms with Gasteiger partial charge in [0.25, 0.3) is 0 Å². The molecule has 3 heteroatoms. The van der Waals surface area contributed by atoms with E-state index in [1.807, 2.05) is 25.0 Å². The van der Waals surface area contributed by atoms with Crippen molar-refractivity contribution in [2.24, 2.45) is 12.5 Å². The van der Waals surface area contributed by atoms with E-state index in [0.29, 0.717) is 5.41 Å². The smallest absolute Gasteiger partial charge is 0.0521 e. The molecule has 0 fully saturated rings. The van der Waals surface area contributed by atoms with E-state index < -0.39 is 0 Å². The SMILES string of the molecule is CCC(CC)(CNC)Cc1cnn(C)c1. The average Bonchev–Trinajstić information content (AvgIpc) is 2.63. The van der Waals surface area contributed by atoms with Gasteiger partial charge < -0.3 is 5.32 Å². The Bertz CT molecular complexity index is 287. The van der Waals surface area contributed by atoms with Crippen molar-refractivity contribution in [1.29, 1.82) is 0 Å². The first-order valence-electron chi connectivity index (χ1n) is 5.78. The van der Waals surface area contributed by atoms with Crippen molar-refractivity contribution in [3.8, 4) is 0 Å². The predicted molar refractivity (Wildman–Crippen MR) is 63.9 cm³/mol. The van der Waals surface area contributed by atoms with Crippen molar-refractivity contribution in [1.82, 2.24) is 15.1 Å². The van der Waals surface area contributed by atoms with Crippen LogP contribution in [-0.2, 0) is 13.5 Å². The van der Waals surface area contributed by atoms with Crippen LogP contribution in [0.3, 0.4) is 0 Å². The minimum Gasteiger partial charge on any atom is -0.319 e. The molecular formula is C12H23N3. The van der Waals surface area contributed by atoms with Crippen LogP contribution in [0.25, 0.3) is 0 Å². The molecule has 0 aromatic carbocycles. The number of nitrogens with zero attached hydrogens (tertiary/aromatic N) is 2. The zero-order chi connectivity index (χ0) is 11.3. The molecule has 0 aliphatic carbocycles. The van der Waals surface area contributed by atoms with Crippen LogP contribution in [0.15, 0.2) is 12.4 Å². The third kappa shape index (κ3) is 3.06. The summed E-state index contributed by atoms with van der Waals surface area (Å²) >= 11 is 0. The Balaban J connectivity index is 2.73. The Hall–Kier alpha value is -0.830. The maximum absolute atomic E-state index is 4.23. The van der Waals surface area contributed by atoms with Gasteiger partial charge in [-0.15, -0.1) is 0 Å². The molecule has 1 aromatic rings. The summed E-state index contributed by atoms with van der Waals surface area (Å²) in [6.07, 6.45) is 7.64. The van der Waals surface area contributed by atoms with Gasteiger partial charge in [0.05, 0.1) is 6.20 Å². The second-order valence-electron chi connectivity index (χ2n) is 4.44. The van der Waals surface area contributed by atoms with Crippen molar-refractivity contribution >= 4 is 0 Å². The molecule has 0 aliphatic rings. The molecule has 1 N–H and O–H groups in total. The third-order valence-corrected chi connectivity index (χ3v) is 3.39. The number of hydrogen-bond acceptors (Lipinski definition) is 2. The number of hydrogen-bond donors (Lipinski definition) is 1. The zero-order valence-electron chi connectivity index (χ0n) is 10.4. The largest absolute Gasteiger partial charge is 0.319 e. The first kappa shape index (κ1) is 12.2. The van der Waals surface area contributed by atoms with Gasteiger partial charge in [-0.1, -0.05) is 13.8 Å². The van der Waals surface area contributed by atoms with E-state index in [0.717, 1.165) is 13.0 Å². The lowest BCUT2D eigenvalue weighted by Crippen LogP contribution is -2.33. The highest BCUT2D eigenvalue weighted by molar-refractivity contribution is 5.07. The first-order chi connectivity index (χ1) is 7.15. The summed E-state index contributed by atoms with van der Waals surface area (Å²) in [6.45, 7) is 5.63. The molecule has 0 spiro atoms. The predicted octanol–water partition coefficient (Wildman–Crippen LogP) is 1.99. The van der Waals surface area contributed by atoms with Crippen LogP contribution in [-0.4, -0.2) is 23.4 Å². The van der Waals surface area contributed by atoms with Crippen molar-refractivity contribution in [3.05, 3.63) is 18.0 Å². The summed E-state index contributed by atoms with van der Waals surface area (Å²) in [6, 6.07) is 0. The molecule has 1 aromatic heterocycles. The van der Waals surface area contributed by atoms with Crippen molar-refractivity contribution in [2.45, 2.75) is 33.1 Å². The maximum atomic E-state index is 4.23. The molecular weight excluding hydrogens is 186 g/mol.